The van der Waals surface area contributed by atoms with Gasteiger partial charge >= 0.3 is 0 Å². The monoisotopic (exact) mass is 280 g/mol. The van der Waals surface area contributed by atoms with E-state index in [0.29, 0.717) is 30.4 Å². The molecule has 5 nitrogen and oxygen atoms in total. The first-order valence-electron chi connectivity index (χ1n) is 6.78. The van der Waals surface area contributed by atoms with Gasteiger partial charge in [0.1, 0.15) is 5.69 Å². The maximum Gasteiger partial charge on any atom is 0.276 e. The molecular formula is C16H16N4O. The van der Waals surface area contributed by atoms with Crippen molar-refractivity contribution in [3.05, 3.63) is 65.1 Å². The topological polar surface area (TPSA) is 77.8 Å². The number of hydrogen-bond donors (Lipinski definition) is 1. The van der Waals surface area contributed by atoms with Gasteiger partial charge in [-0.15, -0.1) is 0 Å². The molecule has 0 atom stereocenters. The van der Waals surface area contributed by atoms with Gasteiger partial charge in [0.05, 0.1) is 0 Å². The highest BCUT2D eigenvalue weighted by atomic mass is 16.5. The molecule has 0 amide bonds. The first-order chi connectivity index (χ1) is 10.2. The number of aryl methyl sites for hydroxylation is 1. The second kappa shape index (κ2) is 5.85. The van der Waals surface area contributed by atoms with Gasteiger partial charge in [0, 0.05) is 19.2 Å². The molecule has 0 saturated heterocycles. The number of nitrogens with two attached hydrogens (primary N) is 1. The van der Waals surface area contributed by atoms with Crippen molar-refractivity contribution in [3.8, 4) is 11.6 Å². The molecule has 5 heteroatoms. The zero-order chi connectivity index (χ0) is 14.7. The third kappa shape index (κ3) is 3.14. The fraction of sp³-hybridized carbons (Fsp3) is 0.188. The van der Waals surface area contributed by atoms with Crippen molar-refractivity contribution in [2.75, 3.05) is 0 Å². The predicted octanol–water partition coefficient (Wildman–Crippen LogP) is 2.49. The van der Waals surface area contributed by atoms with E-state index in [1.807, 2.05) is 12.1 Å². The Bertz CT molecular complexity index is 717. The van der Waals surface area contributed by atoms with E-state index < -0.39 is 0 Å². The zero-order valence-corrected chi connectivity index (χ0v) is 11.8. The second-order valence-corrected chi connectivity index (χ2v) is 4.93. The lowest BCUT2D eigenvalue weighted by molar-refractivity contribution is 0.422. The van der Waals surface area contributed by atoms with Crippen LogP contribution in [0.3, 0.4) is 0 Å². The number of benzene rings is 1. The van der Waals surface area contributed by atoms with Crippen molar-refractivity contribution in [1.29, 1.82) is 0 Å². The number of rotatable bonds is 4. The molecule has 0 aliphatic rings. The molecule has 0 aliphatic heterocycles. The van der Waals surface area contributed by atoms with E-state index >= 15 is 0 Å². The van der Waals surface area contributed by atoms with E-state index in [1.54, 1.807) is 6.20 Å². The van der Waals surface area contributed by atoms with Crippen LogP contribution in [0, 0.1) is 6.92 Å². The number of pyridine rings is 1. The lowest BCUT2D eigenvalue weighted by Gasteiger charge is -1.97. The third-order valence-electron chi connectivity index (χ3n) is 3.23. The van der Waals surface area contributed by atoms with Gasteiger partial charge in [0.2, 0.25) is 0 Å². The standard InChI is InChI=1S/C16H16N4O/c1-11-2-4-12(5-3-11)8-15-19-16(21-20-15)14-7-6-13(9-17)10-18-14/h2-7,10H,8-9,17H2,1H3. The van der Waals surface area contributed by atoms with E-state index in [-0.39, 0.29) is 0 Å². The Balaban J connectivity index is 1.77. The molecule has 0 spiro atoms. The van der Waals surface area contributed by atoms with E-state index in [9.17, 15) is 0 Å². The summed E-state index contributed by atoms with van der Waals surface area (Å²) in [7, 11) is 0. The largest absolute Gasteiger partial charge is 0.332 e. The van der Waals surface area contributed by atoms with Crippen LogP contribution in [0.1, 0.15) is 22.5 Å². The molecule has 0 aliphatic carbocycles. The van der Waals surface area contributed by atoms with Crippen LogP contribution in [0.4, 0.5) is 0 Å². The molecule has 0 fully saturated rings. The van der Waals surface area contributed by atoms with Crippen LogP contribution < -0.4 is 5.73 Å². The Kier molecular flexibility index (Phi) is 3.75. The Morgan fingerprint density at radius 1 is 1.05 bits per heavy atom. The van der Waals surface area contributed by atoms with Crippen molar-refractivity contribution in [3.63, 3.8) is 0 Å². The van der Waals surface area contributed by atoms with Crippen LogP contribution in [-0.4, -0.2) is 15.1 Å². The molecule has 2 aromatic heterocycles. The summed E-state index contributed by atoms with van der Waals surface area (Å²) in [6.07, 6.45) is 2.36. The number of nitrogens with zero attached hydrogens (tertiary/aromatic N) is 3. The van der Waals surface area contributed by atoms with Gasteiger partial charge in [-0.3, -0.25) is 4.98 Å². The van der Waals surface area contributed by atoms with E-state index in [4.69, 9.17) is 10.3 Å². The van der Waals surface area contributed by atoms with Gasteiger partial charge < -0.3 is 10.3 Å². The van der Waals surface area contributed by atoms with Crippen LogP contribution in [-0.2, 0) is 13.0 Å². The molecule has 0 radical (unpaired) electrons. The lowest BCUT2D eigenvalue weighted by atomic mass is 10.1. The van der Waals surface area contributed by atoms with Crippen molar-refractivity contribution in [2.24, 2.45) is 5.73 Å². The first-order valence-corrected chi connectivity index (χ1v) is 6.78. The molecule has 2 N–H and O–H groups in total. The van der Waals surface area contributed by atoms with Gasteiger partial charge in [-0.05, 0) is 24.1 Å². The molecule has 0 saturated carbocycles. The van der Waals surface area contributed by atoms with Crippen LogP contribution in [0.2, 0.25) is 0 Å². The van der Waals surface area contributed by atoms with Crippen LogP contribution >= 0.6 is 0 Å². The van der Waals surface area contributed by atoms with Gasteiger partial charge in [-0.2, -0.15) is 4.98 Å². The fourth-order valence-corrected chi connectivity index (χ4v) is 1.99. The van der Waals surface area contributed by atoms with Gasteiger partial charge in [-0.25, -0.2) is 0 Å². The minimum Gasteiger partial charge on any atom is -0.332 e. The summed E-state index contributed by atoms with van der Waals surface area (Å²) in [4.78, 5) is 8.66. The van der Waals surface area contributed by atoms with Gasteiger partial charge in [0.25, 0.3) is 5.89 Å². The smallest absolute Gasteiger partial charge is 0.276 e. The first kappa shape index (κ1) is 13.5. The molecule has 2 heterocycles. The normalized spacial score (nSPS) is 10.8. The lowest BCUT2D eigenvalue weighted by Crippen LogP contribution is -1.97. The second-order valence-electron chi connectivity index (χ2n) is 4.93. The van der Waals surface area contributed by atoms with Crippen molar-refractivity contribution in [2.45, 2.75) is 19.9 Å². The average Bonchev–Trinajstić information content (AvgIpc) is 2.98. The quantitative estimate of drug-likeness (QED) is 0.794. The summed E-state index contributed by atoms with van der Waals surface area (Å²) in [5.74, 6) is 1.08. The minimum atomic E-state index is 0.431. The Morgan fingerprint density at radius 2 is 1.81 bits per heavy atom. The average molecular weight is 280 g/mol. The molecule has 106 valence electrons. The van der Waals surface area contributed by atoms with Gasteiger partial charge in [-0.1, -0.05) is 41.1 Å². The summed E-state index contributed by atoms with van der Waals surface area (Å²) in [5, 5.41) is 4.00. The van der Waals surface area contributed by atoms with Crippen molar-refractivity contribution < 1.29 is 4.52 Å². The summed E-state index contributed by atoms with van der Waals surface area (Å²) in [6, 6.07) is 12.0. The number of hydrogen-bond acceptors (Lipinski definition) is 5. The fourth-order valence-electron chi connectivity index (χ4n) is 1.99. The Hall–Kier alpha value is -2.53. The molecule has 1 aromatic carbocycles. The predicted molar refractivity (Wildman–Crippen MR) is 79.4 cm³/mol. The minimum absolute atomic E-state index is 0.431. The Morgan fingerprint density at radius 3 is 2.48 bits per heavy atom. The summed E-state index contributed by atoms with van der Waals surface area (Å²) in [6.45, 7) is 2.53. The molecule has 0 bridgehead atoms. The maximum atomic E-state index is 5.55. The molecule has 0 unspecified atom stereocenters. The van der Waals surface area contributed by atoms with E-state index in [0.717, 1.165) is 11.1 Å². The van der Waals surface area contributed by atoms with Crippen LogP contribution in [0.25, 0.3) is 11.6 Å². The third-order valence-corrected chi connectivity index (χ3v) is 3.23. The summed E-state index contributed by atoms with van der Waals surface area (Å²) < 4.78 is 5.27. The van der Waals surface area contributed by atoms with Crippen LogP contribution in [0.15, 0.2) is 47.1 Å². The SMILES string of the molecule is Cc1ccc(Cc2noc(-c3ccc(CN)cn3)n2)cc1. The van der Waals surface area contributed by atoms with Crippen molar-refractivity contribution in [1.82, 2.24) is 15.1 Å². The number of aromatic nitrogens is 3. The van der Waals surface area contributed by atoms with Crippen LogP contribution in [0.5, 0.6) is 0 Å². The highest BCUT2D eigenvalue weighted by Crippen LogP contribution is 2.16. The molecule has 21 heavy (non-hydrogen) atoms. The zero-order valence-electron chi connectivity index (χ0n) is 11.8. The summed E-state index contributed by atoms with van der Waals surface area (Å²) in [5.41, 5.74) is 9.57. The van der Waals surface area contributed by atoms with E-state index in [1.165, 1.54) is 5.56 Å². The molecule has 3 aromatic rings. The molecule has 3 rings (SSSR count). The maximum absolute atomic E-state index is 5.55. The van der Waals surface area contributed by atoms with Crippen molar-refractivity contribution >= 4 is 0 Å². The van der Waals surface area contributed by atoms with E-state index in [2.05, 4.69) is 46.3 Å². The van der Waals surface area contributed by atoms with Gasteiger partial charge in [0.15, 0.2) is 5.82 Å². The molecular weight excluding hydrogens is 264 g/mol. The summed E-state index contributed by atoms with van der Waals surface area (Å²) >= 11 is 0. The Labute approximate surface area is 122 Å². The highest BCUT2D eigenvalue weighted by Gasteiger charge is 2.10. The highest BCUT2D eigenvalue weighted by molar-refractivity contribution is 5.46.